The predicted molar refractivity (Wildman–Crippen MR) is 56.2 cm³/mol. The molecule has 0 unspecified atom stereocenters. The largest absolute Gasteiger partial charge is 0.431 e. The third-order valence-corrected chi connectivity index (χ3v) is 2.38. The van der Waals surface area contributed by atoms with Crippen LogP contribution in [0.2, 0.25) is 0 Å². The van der Waals surface area contributed by atoms with Crippen LogP contribution >= 0.6 is 0 Å². The Kier molecular flexibility index (Phi) is 2.84. The zero-order valence-corrected chi connectivity index (χ0v) is 9.63. The lowest BCUT2D eigenvalue weighted by Crippen LogP contribution is -2.07. The molecule has 2 heterocycles. The van der Waals surface area contributed by atoms with E-state index in [0.29, 0.717) is 6.42 Å². The summed E-state index contributed by atoms with van der Waals surface area (Å²) in [6, 6.07) is 0.914. The van der Waals surface area contributed by atoms with E-state index in [2.05, 4.69) is 9.97 Å². The van der Waals surface area contributed by atoms with Crippen LogP contribution in [0.4, 0.5) is 13.2 Å². The third kappa shape index (κ3) is 2.07. The molecule has 0 aliphatic rings. The Hall–Kier alpha value is -1.92. The van der Waals surface area contributed by atoms with Crippen molar-refractivity contribution >= 4 is 17.0 Å². The van der Waals surface area contributed by atoms with Gasteiger partial charge in [0.1, 0.15) is 5.56 Å². The maximum Gasteiger partial charge on any atom is 0.420 e. The molecule has 0 radical (unpaired) electrons. The van der Waals surface area contributed by atoms with Crippen molar-refractivity contribution in [1.29, 1.82) is 0 Å². The molecule has 18 heavy (non-hydrogen) atoms. The fraction of sp³-hybridized carbons (Fsp3) is 0.364. The molecule has 7 heteroatoms. The first kappa shape index (κ1) is 12.5. The van der Waals surface area contributed by atoms with E-state index in [4.69, 9.17) is 4.42 Å². The van der Waals surface area contributed by atoms with Crippen LogP contribution in [0.3, 0.4) is 0 Å². The summed E-state index contributed by atoms with van der Waals surface area (Å²) in [5.41, 5.74) is -1.39. The normalized spacial score (nSPS) is 12.1. The maximum atomic E-state index is 12.8. The molecule has 2 aromatic heterocycles. The summed E-state index contributed by atoms with van der Waals surface area (Å²) in [7, 11) is 0. The molecule has 0 amide bonds. The molecule has 0 saturated heterocycles. The van der Waals surface area contributed by atoms with E-state index < -0.39 is 23.1 Å². The number of Topliss-reactive ketones (excluding diaryl/α,β-unsaturated/α-hetero) is 1. The van der Waals surface area contributed by atoms with E-state index in [1.165, 1.54) is 6.92 Å². The van der Waals surface area contributed by atoms with Gasteiger partial charge in [0.25, 0.3) is 5.89 Å². The number of ketones is 1. The van der Waals surface area contributed by atoms with Gasteiger partial charge >= 0.3 is 6.18 Å². The van der Waals surface area contributed by atoms with E-state index in [1.54, 1.807) is 6.92 Å². The van der Waals surface area contributed by atoms with Crippen LogP contribution in [0, 0.1) is 0 Å². The van der Waals surface area contributed by atoms with Crippen LogP contribution in [0.25, 0.3) is 11.2 Å². The number of alkyl halides is 3. The fourth-order valence-electron chi connectivity index (χ4n) is 1.51. The van der Waals surface area contributed by atoms with Crippen LogP contribution in [-0.4, -0.2) is 15.8 Å². The molecule has 0 atom stereocenters. The number of aromatic nitrogens is 2. The maximum absolute atomic E-state index is 12.8. The minimum absolute atomic E-state index is 0.188. The summed E-state index contributed by atoms with van der Waals surface area (Å²) >= 11 is 0. The van der Waals surface area contributed by atoms with E-state index in [-0.39, 0.29) is 17.2 Å². The lowest BCUT2D eigenvalue weighted by Gasteiger charge is -2.07. The number of carbonyl (C=O) groups is 1. The highest BCUT2D eigenvalue weighted by atomic mass is 19.4. The minimum Gasteiger partial charge on any atom is -0.431 e. The van der Waals surface area contributed by atoms with Crippen molar-refractivity contribution in [3.63, 3.8) is 0 Å². The van der Waals surface area contributed by atoms with Gasteiger partial charge in [-0.05, 0) is 12.5 Å². The Labute approximate surface area is 99.8 Å². The van der Waals surface area contributed by atoms with E-state index in [9.17, 15) is 18.0 Å². The van der Waals surface area contributed by atoms with E-state index >= 15 is 0 Å². The average molecular weight is 258 g/mol. The number of carbonyl (C=O) groups excluding carboxylic acids is 1. The minimum atomic E-state index is -4.57. The second-order valence-corrected chi connectivity index (χ2v) is 3.74. The molecule has 0 saturated carbocycles. The number of fused-ring (bicyclic) bond motifs is 1. The predicted octanol–water partition coefficient (Wildman–Crippen LogP) is 3.01. The van der Waals surface area contributed by atoms with Gasteiger partial charge < -0.3 is 4.42 Å². The Morgan fingerprint density at radius 1 is 1.39 bits per heavy atom. The van der Waals surface area contributed by atoms with Gasteiger partial charge in [-0.1, -0.05) is 6.92 Å². The number of halogens is 3. The topological polar surface area (TPSA) is 56.0 Å². The van der Waals surface area contributed by atoms with Crippen LogP contribution in [0.5, 0.6) is 0 Å². The zero-order chi connectivity index (χ0) is 13.5. The van der Waals surface area contributed by atoms with Crippen LogP contribution in [0.1, 0.15) is 35.8 Å². The second-order valence-electron chi connectivity index (χ2n) is 3.74. The van der Waals surface area contributed by atoms with Crippen LogP contribution < -0.4 is 0 Å². The van der Waals surface area contributed by atoms with Crippen molar-refractivity contribution in [3.05, 3.63) is 23.2 Å². The Balaban J connectivity index is 2.77. The highest BCUT2D eigenvalue weighted by molar-refractivity contribution is 5.92. The molecule has 0 fully saturated rings. The lowest BCUT2D eigenvalue weighted by molar-refractivity contribution is -0.137. The van der Waals surface area contributed by atoms with Crippen molar-refractivity contribution in [2.24, 2.45) is 0 Å². The number of hydrogen-bond donors (Lipinski definition) is 0. The monoisotopic (exact) mass is 258 g/mol. The third-order valence-electron chi connectivity index (χ3n) is 2.38. The summed E-state index contributed by atoms with van der Waals surface area (Å²) in [6.45, 7) is 2.85. The summed E-state index contributed by atoms with van der Waals surface area (Å²) in [5, 5.41) is 0. The van der Waals surface area contributed by atoms with Crippen molar-refractivity contribution < 1.29 is 22.4 Å². The molecule has 0 aliphatic carbocycles. The summed E-state index contributed by atoms with van der Waals surface area (Å²) in [4.78, 5) is 18.6. The van der Waals surface area contributed by atoms with Gasteiger partial charge in [0.05, 0.1) is 0 Å². The molecule has 4 nitrogen and oxygen atoms in total. The Morgan fingerprint density at radius 3 is 2.56 bits per heavy atom. The SMILES string of the molecule is CCc1cc(C(F)(F)F)c2oc(C(C)=O)nc2n1. The molecule has 0 spiro atoms. The van der Waals surface area contributed by atoms with Crippen molar-refractivity contribution in [2.45, 2.75) is 26.4 Å². The van der Waals surface area contributed by atoms with Gasteiger partial charge in [0.2, 0.25) is 5.78 Å². The van der Waals surface area contributed by atoms with E-state index in [0.717, 1.165) is 6.07 Å². The molecule has 2 aromatic rings. The number of aryl methyl sites for hydroxylation is 1. The molecule has 0 aliphatic heterocycles. The summed E-state index contributed by atoms with van der Waals surface area (Å²) in [6.07, 6.45) is -4.24. The number of pyridine rings is 1. The second kappa shape index (κ2) is 4.08. The van der Waals surface area contributed by atoms with Crippen molar-refractivity contribution in [3.8, 4) is 0 Å². The molecular formula is C11H9F3N2O2. The van der Waals surface area contributed by atoms with Crippen LogP contribution in [0.15, 0.2) is 10.5 Å². The Bertz CT molecular complexity index is 617. The van der Waals surface area contributed by atoms with Crippen LogP contribution in [-0.2, 0) is 12.6 Å². The standard InChI is InChI=1S/C11H9F3N2O2/c1-3-6-4-7(11(12,13)14)8-9(15-6)16-10(18-8)5(2)17/h4H,3H2,1-2H3. The quantitative estimate of drug-likeness (QED) is 0.777. The van der Waals surface area contributed by atoms with Gasteiger partial charge in [-0.3, -0.25) is 4.79 Å². The lowest BCUT2D eigenvalue weighted by atomic mass is 10.2. The van der Waals surface area contributed by atoms with Gasteiger partial charge in [-0.15, -0.1) is 0 Å². The summed E-state index contributed by atoms with van der Waals surface area (Å²) in [5.74, 6) is -0.907. The first-order valence-corrected chi connectivity index (χ1v) is 5.21. The zero-order valence-electron chi connectivity index (χ0n) is 9.63. The molecule has 2 rings (SSSR count). The van der Waals surface area contributed by atoms with Gasteiger partial charge in [0.15, 0.2) is 11.2 Å². The average Bonchev–Trinajstić information content (AvgIpc) is 2.69. The number of rotatable bonds is 2. The fourth-order valence-corrected chi connectivity index (χ4v) is 1.51. The van der Waals surface area contributed by atoms with Gasteiger partial charge in [-0.2, -0.15) is 18.2 Å². The molecule has 0 N–H and O–H groups in total. The molecule has 96 valence electrons. The molecule has 0 aromatic carbocycles. The first-order chi connectivity index (χ1) is 8.32. The highest BCUT2D eigenvalue weighted by Gasteiger charge is 2.36. The van der Waals surface area contributed by atoms with Crippen molar-refractivity contribution in [2.75, 3.05) is 0 Å². The number of oxazole rings is 1. The highest BCUT2D eigenvalue weighted by Crippen LogP contribution is 2.35. The number of nitrogens with zero attached hydrogens (tertiary/aromatic N) is 2. The first-order valence-electron chi connectivity index (χ1n) is 5.21. The molecule has 0 bridgehead atoms. The smallest absolute Gasteiger partial charge is 0.420 e. The van der Waals surface area contributed by atoms with Crippen molar-refractivity contribution in [1.82, 2.24) is 9.97 Å². The van der Waals surface area contributed by atoms with Gasteiger partial charge in [0, 0.05) is 12.6 Å². The van der Waals surface area contributed by atoms with E-state index in [1.807, 2.05) is 0 Å². The Morgan fingerprint density at radius 2 is 2.06 bits per heavy atom. The van der Waals surface area contributed by atoms with Gasteiger partial charge in [-0.25, -0.2) is 4.98 Å². The number of hydrogen-bond acceptors (Lipinski definition) is 4. The summed E-state index contributed by atoms with van der Waals surface area (Å²) < 4.78 is 43.4. The molecular weight excluding hydrogens is 249 g/mol.